The van der Waals surface area contributed by atoms with Crippen molar-refractivity contribution < 1.29 is 14.4 Å². The lowest BCUT2D eigenvalue weighted by molar-refractivity contribution is -0.141. The fraction of sp³-hybridized carbons (Fsp3) is 0.286. The Morgan fingerprint density at radius 2 is 2.09 bits per heavy atom. The van der Waals surface area contributed by atoms with E-state index in [0.29, 0.717) is 5.13 Å². The van der Waals surface area contributed by atoms with Gasteiger partial charge in [0.1, 0.15) is 6.54 Å². The SMILES string of the molecule is CSc1cccc2sc(NC(=O)CN3C(=O)CCC3=O)nc12. The van der Waals surface area contributed by atoms with E-state index in [1.807, 2.05) is 24.5 Å². The first-order chi connectivity index (χ1) is 10.6. The first-order valence-electron chi connectivity index (χ1n) is 6.65. The van der Waals surface area contributed by atoms with Gasteiger partial charge in [0.25, 0.3) is 0 Å². The third-order valence-electron chi connectivity index (χ3n) is 3.30. The fourth-order valence-electron chi connectivity index (χ4n) is 2.24. The molecule has 0 atom stereocenters. The molecule has 3 amide bonds. The van der Waals surface area contributed by atoms with E-state index in [1.165, 1.54) is 11.3 Å². The Bertz CT molecular complexity index is 756. The molecule has 114 valence electrons. The van der Waals surface area contributed by atoms with Gasteiger partial charge in [-0.15, -0.1) is 11.8 Å². The van der Waals surface area contributed by atoms with Crippen LogP contribution in [-0.2, 0) is 14.4 Å². The van der Waals surface area contributed by atoms with Gasteiger partial charge in [-0.2, -0.15) is 0 Å². The Labute approximate surface area is 134 Å². The Balaban J connectivity index is 1.74. The van der Waals surface area contributed by atoms with Crippen molar-refractivity contribution in [2.75, 3.05) is 18.1 Å². The second-order valence-corrected chi connectivity index (χ2v) is 6.63. The number of rotatable bonds is 4. The standard InChI is InChI=1S/C14H13N3O3S2/c1-21-8-3-2-4-9-13(8)16-14(22-9)15-10(18)7-17-11(19)5-6-12(17)20/h2-4H,5-7H2,1H3,(H,15,16,18). The minimum atomic E-state index is -0.409. The number of carbonyl (C=O) groups is 3. The molecule has 0 unspecified atom stereocenters. The van der Waals surface area contributed by atoms with Gasteiger partial charge in [0.15, 0.2) is 5.13 Å². The van der Waals surface area contributed by atoms with E-state index in [-0.39, 0.29) is 31.2 Å². The van der Waals surface area contributed by atoms with Gasteiger partial charge < -0.3 is 5.32 Å². The lowest BCUT2D eigenvalue weighted by Crippen LogP contribution is -2.36. The molecule has 0 spiro atoms. The predicted octanol–water partition coefficient (Wildman–Crippen LogP) is 2.11. The maximum Gasteiger partial charge on any atom is 0.246 e. The molecular weight excluding hydrogens is 322 g/mol. The smallest absolute Gasteiger partial charge is 0.246 e. The van der Waals surface area contributed by atoms with E-state index in [1.54, 1.807) is 11.8 Å². The summed E-state index contributed by atoms with van der Waals surface area (Å²) in [6, 6.07) is 5.86. The van der Waals surface area contributed by atoms with E-state index in [4.69, 9.17) is 0 Å². The number of aromatic nitrogens is 1. The molecule has 1 aromatic heterocycles. The molecule has 1 aliphatic rings. The molecule has 0 saturated carbocycles. The van der Waals surface area contributed by atoms with Crippen LogP contribution in [0, 0.1) is 0 Å². The average Bonchev–Trinajstić information content (AvgIpc) is 3.04. The van der Waals surface area contributed by atoms with Crippen molar-refractivity contribution in [3.05, 3.63) is 18.2 Å². The van der Waals surface area contributed by atoms with Crippen LogP contribution in [0.4, 0.5) is 5.13 Å². The highest BCUT2D eigenvalue weighted by Gasteiger charge is 2.30. The number of nitrogens with zero attached hydrogens (tertiary/aromatic N) is 2. The van der Waals surface area contributed by atoms with Crippen LogP contribution < -0.4 is 5.32 Å². The number of imide groups is 1. The Hall–Kier alpha value is -1.93. The van der Waals surface area contributed by atoms with Crippen LogP contribution in [0.5, 0.6) is 0 Å². The first kappa shape index (κ1) is 15.0. The van der Waals surface area contributed by atoms with E-state index < -0.39 is 5.91 Å². The molecule has 2 aromatic rings. The third kappa shape index (κ3) is 2.84. The molecule has 22 heavy (non-hydrogen) atoms. The fourth-order valence-corrected chi connectivity index (χ4v) is 3.78. The number of benzene rings is 1. The van der Waals surface area contributed by atoms with Crippen molar-refractivity contribution in [3.8, 4) is 0 Å². The number of hydrogen-bond donors (Lipinski definition) is 1. The highest BCUT2D eigenvalue weighted by Crippen LogP contribution is 2.32. The summed E-state index contributed by atoms with van der Waals surface area (Å²) in [5, 5.41) is 3.14. The molecule has 8 heteroatoms. The van der Waals surface area contributed by atoms with Crippen LogP contribution in [-0.4, -0.2) is 40.4 Å². The zero-order valence-electron chi connectivity index (χ0n) is 11.8. The number of thioether (sulfide) groups is 1. The molecule has 0 bridgehead atoms. The van der Waals surface area contributed by atoms with E-state index in [0.717, 1.165) is 20.0 Å². The quantitative estimate of drug-likeness (QED) is 0.684. The molecule has 1 aromatic carbocycles. The maximum atomic E-state index is 12.0. The van der Waals surface area contributed by atoms with Gasteiger partial charge in [0, 0.05) is 17.7 Å². The molecule has 2 heterocycles. The average molecular weight is 335 g/mol. The summed E-state index contributed by atoms with van der Waals surface area (Å²) in [6.07, 6.45) is 2.34. The topological polar surface area (TPSA) is 79.4 Å². The number of hydrogen-bond acceptors (Lipinski definition) is 6. The number of likely N-dealkylation sites (tertiary alicyclic amines) is 1. The van der Waals surface area contributed by atoms with E-state index in [9.17, 15) is 14.4 Å². The molecule has 1 aliphatic heterocycles. The molecular formula is C14H13N3O3S2. The number of amides is 3. The van der Waals surface area contributed by atoms with Crippen LogP contribution in [0.15, 0.2) is 23.1 Å². The van der Waals surface area contributed by atoms with Crippen molar-refractivity contribution in [2.45, 2.75) is 17.7 Å². The molecule has 0 radical (unpaired) electrons. The van der Waals surface area contributed by atoms with Gasteiger partial charge in [0.2, 0.25) is 17.7 Å². The van der Waals surface area contributed by atoms with Crippen LogP contribution in [0.1, 0.15) is 12.8 Å². The number of nitrogens with one attached hydrogen (secondary N) is 1. The summed E-state index contributed by atoms with van der Waals surface area (Å²) in [7, 11) is 0. The number of carbonyl (C=O) groups excluding carboxylic acids is 3. The van der Waals surface area contributed by atoms with Gasteiger partial charge in [-0.25, -0.2) is 4.98 Å². The highest BCUT2D eigenvalue weighted by molar-refractivity contribution is 7.98. The van der Waals surface area contributed by atoms with Crippen LogP contribution in [0.25, 0.3) is 10.2 Å². The van der Waals surface area contributed by atoms with E-state index >= 15 is 0 Å². The van der Waals surface area contributed by atoms with Gasteiger partial charge in [-0.05, 0) is 18.4 Å². The Morgan fingerprint density at radius 1 is 1.36 bits per heavy atom. The minimum Gasteiger partial charge on any atom is -0.300 e. The Kier molecular flexibility index (Phi) is 4.12. The van der Waals surface area contributed by atoms with Crippen molar-refractivity contribution >= 4 is 56.2 Å². The van der Waals surface area contributed by atoms with Gasteiger partial charge in [0.05, 0.1) is 10.2 Å². The molecule has 1 saturated heterocycles. The van der Waals surface area contributed by atoms with Gasteiger partial charge in [-0.1, -0.05) is 17.4 Å². The van der Waals surface area contributed by atoms with Crippen LogP contribution in [0.3, 0.4) is 0 Å². The first-order valence-corrected chi connectivity index (χ1v) is 8.69. The van der Waals surface area contributed by atoms with Crippen molar-refractivity contribution in [1.29, 1.82) is 0 Å². The second-order valence-electron chi connectivity index (χ2n) is 4.75. The van der Waals surface area contributed by atoms with Crippen molar-refractivity contribution in [2.24, 2.45) is 0 Å². The van der Waals surface area contributed by atoms with Crippen molar-refractivity contribution in [3.63, 3.8) is 0 Å². The molecule has 6 nitrogen and oxygen atoms in total. The highest BCUT2D eigenvalue weighted by atomic mass is 32.2. The molecule has 1 fully saturated rings. The summed E-state index contributed by atoms with van der Waals surface area (Å²) in [4.78, 5) is 41.5. The Morgan fingerprint density at radius 3 is 2.77 bits per heavy atom. The number of fused-ring (bicyclic) bond motifs is 1. The summed E-state index contributed by atoms with van der Waals surface area (Å²) >= 11 is 2.96. The summed E-state index contributed by atoms with van der Waals surface area (Å²) in [5.41, 5.74) is 0.851. The predicted molar refractivity (Wildman–Crippen MR) is 86.0 cm³/mol. The maximum absolute atomic E-state index is 12.0. The zero-order valence-corrected chi connectivity index (χ0v) is 13.4. The summed E-state index contributed by atoms with van der Waals surface area (Å²) < 4.78 is 0.982. The number of thiazole rings is 1. The van der Waals surface area contributed by atoms with Crippen LogP contribution >= 0.6 is 23.1 Å². The second kappa shape index (κ2) is 6.05. The number of anilines is 1. The summed E-state index contributed by atoms with van der Waals surface area (Å²) in [5.74, 6) is -1.00. The summed E-state index contributed by atoms with van der Waals surface area (Å²) in [6.45, 7) is -0.247. The zero-order chi connectivity index (χ0) is 15.7. The minimum absolute atomic E-state index is 0.185. The third-order valence-corrected chi connectivity index (χ3v) is 5.01. The monoisotopic (exact) mass is 335 g/mol. The lowest BCUT2D eigenvalue weighted by atomic mass is 10.3. The molecule has 0 aliphatic carbocycles. The van der Waals surface area contributed by atoms with E-state index in [2.05, 4.69) is 10.3 Å². The normalized spacial score (nSPS) is 14.9. The molecule has 3 rings (SSSR count). The lowest BCUT2D eigenvalue weighted by Gasteiger charge is -2.12. The molecule has 1 N–H and O–H groups in total. The van der Waals surface area contributed by atoms with Gasteiger partial charge >= 0.3 is 0 Å². The van der Waals surface area contributed by atoms with Crippen LogP contribution in [0.2, 0.25) is 0 Å². The number of para-hydroxylation sites is 1. The van der Waals surface area contributed by atoms with Crippen molar-refractivity contribution in [1.82, 2.24) is 9.88 Å². The van der Waals surface area contributed by atoms with Gasteiger partial charge in [-0.3, -0.25) is 19.3 Å². The largest absolute Gasteiger partial charge is 0.300 e.